The van der Waals surface area contributed by atoms with Crippen molar-refractivity contribution < 1.29 is 19.1 Å². The average molecular weight is 476 g/mol. The minimum Gasteiger partial charge on any atom is -0.496 e. The fraction of sp³-hybridized carbons (Fsp3) is 0.464. The van der Waals surface area contributed by atoms with E-state index in [9.17, 15) is 9.59 Å². The Balaban J connectivity index is 1.23. The molecule has 0 radical (unpaired) electrons. The second kappa shape index (κ2) is 10.2. The average Bonchev–Trinajstić information content (AvgIpc) is 3.38. The number of methoxy groups -OCH3 is 1. The van der Waals surface area contributed by atoms with Crippen molar-refractivity contribution in [1.82, 2.24) is 9.91 Å². The number of amides is 2. The molecule has 35 heavy (non-hydrogen) atoms. The Bertz CT molecular complexity index is 1120. The van der Waals surface area contributed by atoms with Crippen LogP contribution in [-0.4, -0.2) is 67.4 Å². The molecule has 3 aliphatic rings. The van der Waals surface area contributed by atoms with Crippen molar-refractivity contribution in [1.29, 1.82) is 0 Å². The summed E-state index contributed by atoms with van der Waals surface area (Å²) in [4.78, 5) is 27.4. The maximum atomic E-state index is 12.9. The molecule has 2 heterocycles. The first-order valence-corrected chi connectivity index (χ1v) is 12.5. The predicted molar refractivity (Wildman–Crippen MR) is 134 cm³/mol. The van der Waals surface area contributed by atoms with Crippen LogP contribution in [0.25, 0.3) is 0 Å². The van der Waals surface area contributed by atoms with E-state index in [4.69, 9.17) is 9.47 Å². The third-order valence-electron chi connectivity index (χ3n) is 7.32. The van der Waals surface area contributed by atoms with Gasteiger partial charge in [0.2, 0.25) is 5.91 Å². The highest BCUT2D eigenvalue weighted by molar-refractivity contribution is 6.03. The maximum absolute atomic E-state index is 12.9. The molecular weight excluding hydrogens is 442 g/mol. The minimum absolute atomic E-state index is 0.00943. The maximum Gasteiger partial charge on any atom is 0.254 e. The van der Waals surface area contributed by atoms with Crippen LogP contribution in [0.15, 0.2) is 47.6 Å². The van der Waals surface area contributed by atoms with Gasteiger partial charge in [-0.15, -0.1) is 0 Å². The molecule has 2 aliphatic heterocycles. The summed E-state index contributed by atoms with van der Waals surface area (Å²) in [5, 5.41) is 6.24. The van der Waals surface area contributed by atoms with Crippen LogP contribution >= 0.6 is 0 Å². The lowest BCUT2D eigenvalue weighted by atomic mass is 9.72. The first-order chi connectivity index (χ1) is 17.0. The molecule has 2 aromatic rings. The Labute approximate surface area is 206 Å². The Morgan fingerprint density at radius 2 is 1.80 bits per heavy atom. The van der Waals surface area contributed by atoms with Gasteiger partial charge < -0.3 is 14.4 Å². The van der Waals surface area contributed by atoms with E-state index < -0.39 is 0 Å². The van der Waals surface area contributed by atoms with Gasteiger partial charge in [0.25, 0.3) is 5.91 Å². The number of ether oxygens (including phenoxy) is 2. The topological polar surface area (TPSA) is 71.4 Å². The first-order valence-electron chi connectivity index (χ1n) is 12.5. The molecule has 0 bridgehead atoms. The summed E-state index contributed by atoms with van der Waals surface area (Å²) in [5.74, 6) is 2.21. The van der Waals surface area contributed by atoms with E-state index in [-0.39, 0.29) is 18.2 Å². The van der Waals surface area contributed by atoms with Crippen molar-refractivity contribution in [2.45, 2.75) is 38.5 Å². The minimum atomic E-state index is -0.0335. The Hall–Kier alpha value is -3.19. The lowest BCUT2D eigenvalue weighted by molar-refractivity contribution is -0.130. The molecule has 0 N–H and O–H groups in total. The quantitative estimate of drug-likeness (QED) is 0.636. The largest absolute Gasteiger partial charge is 0.496 e. The number of rotatable bonds is 6. The van der Waals surface area contributed by atoms with Gasteiger partial charge in [-0.1, -0.05) is 19.1 Å². The van der Waals surface area contributed by atoms with Gasteiger partial charge in [-0.2, -0.15) is 5.10 Å². The summed E-state index contributed by atoms with van der Waals surface area (Å²) in [6.07, 6.45) is 3.38. The fourth-order valence-corrected chi connectivity index (χ4v) is 5.21. The zero-order chi connectivity index (χ0) is 24.4. The normalized spacial score (nSPS) is 21.9. The number of hydrazone groups is 1. The first kappa shape index (κ1) is 23.5. The molecule has 0 aromatic heterocycles. The molecule has 7 heteroatoms. The smallest absolute Gasteiger partial charge is 0.254 e. The standard InChI is InChI=1S/C28H33N3O4/c1-19-15-23(16-19)24-18-22(7-8-26(24)34-2)25-9-10-31(29-25)27(32)17-20-3-5-21(6-4-20)28(33)30-11-13-35-14-12-30/h3-8,18-19,23H,9-17H2,1-2H3. The zero-order valence-corrected chi connectivity index (χ0v) is 20.5. The van der Waals surface area contributed by atoms with E-state index in [0.717, 1.165) is 34.9 Å². The van der Waals surface area contributed by atoms with Gasteiger partial charge in [-0.05, 0) is 71.7 Å². The summed E-state index contributed by atoms with van der Waals surface area (Å²) < 4.78 is 10.9. The Morgan fingerprint density at radius 1 is 1.06 bits per heavy atom. The molecule has 7 nitrogen and oxygen atoms in total. The third kappa shape index (κ3) is 5.10. The fourth-order valence-electron chi connectivity index (χ4n) is 5.21. The Kier molecular flexibility index (Phi) is 6.86. The van der Waals surface area contributed by atoms with Crippen molar-refractivity contribution in [2.24, 2.45) is 11.0 Å². The molecule has 2 fully saturated rings. The molecule has 1 saturated heterocycles. The van der Waals surface area contributed by atoms with E-state index in [0.29, 0.717) is 44.3 Å². The van der Waals surface area contributed by atoms with Gasteiger partial charge in [-0.3, -0.25) is 9.59 Å². The van der Waals surface area contributed by atoms with Crippen molar-refractivity contribution >= 4 is 17.5 Å². The van der Waals surface area contributed by atoms with Gasteiger partial charge in [0.1, 0.15) is 5.75 Å². The van der Waals surface area contributed by atoms with Gasteiger partial charge in [0.15, 0.2) is 0 Å². The van der Waals surface area contributed by atoms with Crippen LogP contribution in [0.4, 0.5) is 0 Å². The lowest BCUT2D eigenvalue weighted by Gasteiger charge is -2.34. The van der Waals surface area contributed by atoms with Crippen molar-refractivity contribution in [2.75, 3.05) is 40.0 Å². The van der Waals surface area contributed by atoms with Crippen LogP contribution in [0, 0.1) is 5.92 Å². The van der Waals surface area contributed by atoms with Crippen molar-refractivity contribution in [3.8, 4) is 5.75 Å². The predicted octanol–water partition coefficient (Wildman–Crippen LogP) is 3.86. The second-order valence-corrected chi connectivity index (χ2v) is 9.82. The van der Waals surface area contributed by atoms with Crippen molar-refractivity contribution in [3.63, 3.8) is 0 Å². The lowest BCUT2D eigenvalue weighted by Crippen LogP contribution is -2.40. The highest BCUT2D eigenvalue weighted by atomic mass is 16.5. The molecule has 1 saturated carbocycles. The van der Waals surface area contributed by atoms with Gasteiger partial charge in [0, 0.05) is 25.1 Å². The number of morpholine rings is 1. The van der Waals surface area contributed by atoms with E-state index in [1.54, 1.807) is 29.2 Å². The van der Waals surface area contributed by atoms with Gasteiger partial charge in [-0.25, -0.2) is 5.01 Å². The van der Waals surface area contributed by atoms with Crippen molar-refractivity contribution in [3.05, 3.63) is 64.7 Å². The summed E-state index contributed by atoms with van der Waals surface area (Å²) in [6, 6.07) is 13.6. The number of carbonyl (C=O) groups is 2. The molecule has 0 atom stereocenters. The van der Waals surface area contributed by atoms with E-state index in [1.165, 1.54) is 18.4 Å². The summed E-state index contributed by atoms with van der Waals surface area (Å²) in [6.45, 7) is 5.26. The molecule has 0 spiro atoms. The molecular formula is C28H33N3O4. The molecule has 184 valence electrons. The number of hydrogen-bond acceptors (Lipinski definition) is 5. The SMILES string of the molecule is COc1ccc(C2=NN(C(=O)Cc3ccc(C(=O)N4CCOCC4)cc3)CC2)cc1C1CC(C)C1. The van der Waals surface area contributed by atoms with E-state index >= 15 is 0 Å². The molecule has 0 unspecified atom stereocenters. The van der Waals surface area contributed by atoms with Crippen LogP contribution in [0.3, 0.4) is 0 Å². The second-order valence-electron chi connectivity index (χ2n) is 9.82. The molecule has 5 rings (SSSR count). The number of benzene rings is 2. The summed E-state index contributed by atoms with van der Waals surface area (Å²) >= 11 is 0. The zero-order valence-electron chi connectivity index (χ0n) is 20.5. The third-order valence-corrected chi connectivity index (χ3v) is 7.32. The highest BCUT2D eigenvalue weighted by Crippen LogP contribution is 2.45. The van der Waals surface area contributed by atoms with E-state index in [2.05, 4.69) is 18.1 Å². The van der Waals surface area contributed by atoms with Crippen LogP contribution < -0.4 is 4.74 Å². The summed E-state index contributed by atoms with van der Waals surface area (Å²) in [7, 11) is 1.72. The number of nitrogens with zero attached hydrogens (tertiary/aromatic N) is 3. The highest BCUT2D eigenvalue weighted by Gasteiger charge is 2.30. The molecule has 2 amide bonds. The number of hydrogen-bond donors (Lipinski definition) is 0. The molecule has 2 aromatic carbocycles. The van der Waals surface area contributed by atoms with E-state index in [1.807, 2.05) is 24.3 Å². The van der Waals surface area contributed by atoms with Crippen LogP contribution in [-0.2, 0) is 16.0 Å². The van der Waals surface area contributed by atoms with Gasteiger partial charge in [0.05, 0.1) is 39.0 Å². The van der Waals surface area contributed by atoms with Gasteiger partial charge >= 0.3 is 0 Å². The summed E-state index contributed by atoms with van der Waals surface area (Å²) in [5.41, 5.74) is 4.79. The number of carbonyl (C=O) groups excluding carboxylic acids is 2. The Morgan fingerprint density at radius 3 is 2.49 bits per heavy atom. The van der Waals surface area contributed by atoms with Crippen LogP contribution in [0.1, 0.15) is 59.2 Å². The van der Waals surface area contributed by atoms with Crippen LogP contribution in [0.5, 0.6) is 5.75 Å². The monoisotopic (exact) mass is 475 g/mol. The molecule has 1 aliphatic carbocycles. The van der Waals surface area contributed by atoms with Crippen LogP contribution in [0.2, 0.25) is 0 Å².